The molecule has 3 aromatic rings. The highest BCUT2D eigenvalue weighted by molar-refractivity contribution is 5.93. The van der Waals surface area contributed by atoms with Crippen LogP contribution >= 0.6 is 0 Å². The van der Waals surface area contributed by atoms with Gasteiger partial charge in [-0.1, -0.05) is 30.3 Å². The number of hydrogen-bond donors (Lipinski definition) is 1. The molecule has 7 heteroatoms. The molecule has 1 aromatic carbocycles. The summed E-state index contributed by atoms with van der Waals surface area (Å²) in [7, 11) is 1.88. The first-order chi connectivity index (χ1) is 12.7. The summed E-state index contributed by atoms with van der Waals surface area (Å²) in [6, 6.07) is 10.5. The topological polar surface area (TPSA) is 77.6 Å². The number of carbonyl (C=O) groups excluding carboxylic acids is 1. The van der Waals surface area contributed by atoms with Crippen molar-refractivity contribution in [2.75, 3.05) is 0 Å². The first-order valence-electron chi connectivity index (χ1n) is 8.94. The molecule has 1 aliphatic rings. The number of imidazole rings is 1. The second-order valence-electron chi connectivity index (χ2n) is 6.75. The average Bonchev–Trinajstić information content (AvgIpc) is 3.33. The van der Waals surface area contributed by atoms with Crippen molar-refractivity contribution in [1.29, 1.82) is 0 Å². The van der Waals surface area contributed by atoms with Crippen molar-refractivity contribution < 1.29 is 4.79 Å². The number of benzene rings is 1. The van der Waals surface area contributed by atoms with E-state index >= 15 is 0 Å². The molecule has 7 nitrogen and oxygen atoms in total. The van der Waals surface area contributed by atoms with Crippen LogP contribution in [0.25, 0.3) is 11.4 Å². The maximum atomic E-state index is 12.7. The Balaban J connectivity index is 1.39. The minimum Gasteiger partial charge on any atom is -0.348 e. The quantitative estimate of drug-likeness (QED) is 0.784. The van der Waals surface area contributed by atoms with E-state index in [1.165, 1.54) is 0 Å². The Bertz CT molecular complexity index is 863. The average molecular weight is 350 g/mol. The van der Waals surface area contributed by atoms with Gasteiger partial charge in [0.15, 0.2) is 0 Å². The van der Waals surface area contributed by atoms with Crippen LogP contribution in [0.3, 0.4) is 0 Å². The maximum absolute atomic E-state index is 12.7. The molecular weight excluding hydrogens is 328 g/mol. The lowest BCUT2D eigenvalue weighted by Gasteiger charge is -2.29. The molecule has 1 saturated carbocycles. The first kappa shape index (κ1) is 16.5. The second-order valence-corrected chi connectivity index (χ2v) is 6.75. The normalized spacial score (nSPS) is 20.0. The van der Waals surface area contributed by atoms with Crippen molar-refractivity contribution >= 4 is 5.91 Å². The number of carbonyl (C=O) groups is 1. The van der Waals surface area contributed by atoms with Gasteiger partial charge in [0.2, 0.25) is 0 Å². The first-order valence-corrected chi connectivity index (χ1v) is 8.94. The number of amides is 1. The lowest BCUT2D eigenvalue weighted by Crippen LogP contribution is -2.38. The zero-order valence-electron chi connectivity index (χ0n) is 14.7. The van der Waals surface area contributed by atoms with Crippen LogP contribution in [-0.4, -0.2) is 36.3 Å². The molecule has 4 rings (SSSR count). The minimum absolute atomic E-state index is 0.0635. The predicted molar refractivity (Wildman–Crippen MR) is 97.4 cm³/mol. The largest absolute Gasteiger partial charge is 0.348 e. The SMILES string of the molecule is Cn1c(C(=O)NC2CCC(n3cncn3)CC2)cnc1-c1ccccc1. The van der Waals surface area contributed by atoms with Crippen LogP contribution in [0.5, 0.6) is 0 Å². The summed E-state index contributed by atoms with van der Waals surface area (Å²) < 4.78 is 3.77. The van der Waals surface area contributed by atoms with Crippen LogP contribution in [0.4, 0.5) is 0 Å². The van der Waals surface area contributed by atoms with Crippen LogP contribution in [0, 0.1) is 0 Å². The minimum atomic E-state index is -0.0635. The van der Waals surface area contributed by atoms with Gasteiger partial charge in [-0.2, -0.15) is 5.10 Å². The van der Waals surface area contributed by atoms with Gasteiger partial charge in [-0.3, -0.25) is 4.79 Å². The van der Waals surface area contributed by atoms with Crippen molar-refractivity contribution in [3.8, 4) is 11.4 Å². The van der Waals surface area contributed by atoms with Gasteiger partial charge < -0.3 is 9.88 Å². The van der Waals surface area contributed by atoms with Gasteiger partial charge in [0.25, 0.3) is 5.91 Å². The molecule has 0 atom stereocenters. The number of rotatable bonds is 4. The molecule has 2 heterocycles. The Kier molecular flexibility index (Phi) is 4.51. The Morgan fingerprint density at radius 2 is 1.92 bits per heavy atom. The molecule has 0 spiro atoms. The number of hydrogen-bond acceptors (Lipinski definition) is 4. The van der Waals surface area contributed by atoms with E-state index in [2.05, 4.69) is 20.4 Å². The third kappa shape index (κ3) is 3.24. The van der Waals surface area contributed by atoms with Crippen LogP contribution in [0.1, 0.15) is 42.2 Å². The fourth-order valence-corrected chi connectivity index (χ4v) is 3.63. The molecule has 2 aromatic heterocycles. The Hall–Kier alpha value is -2.96. The molecule has 1 fully saturated rings. The molecule has 0 saturated heterocycles. The van der Waals surface area contributed by atoms with Gasteiger partial charge in [0.1, 0.15) is 24.2 Å². The fourth-order valence-electron chi connectivity index (χ4n) is 3.63. The Morgan fingerprint density at radius 1 is 1.15 bits per heavy atom. The monoisotopic (exact) mass is 350 g/mol. The van der Waals surface area contributed by atoms with Crippen molar-refractivity contribution in [3.05, 3.63) is 54.9 Å². The van der Waals surface area contributed by atoms with Gasteiger partial charge >= 0.3 is 0 Å². The summed E-state index contributed by atoms with van der Waals surface area (Å²) >= 11 is 0. The van der Waals surface area contributed by atoms with E-state index in [0.717, 1.165) is 37.1 Å². The van der Waals surface area contributed by atoms with Gasteiger partial charge in [0, 0.05) is 18.7 Å². The Morgan fingerprint density at radius 3 is 2.62 bits per heavy atom. The molecule has 26 heavy (non-hydrogen) atoms. The van der Waals surface area contributed by atoms with Crippen molar-refractivity contribution in [2.45, 2.75) is 37.8 Å². The summed E-state index contributed by atoms with van der Waals surface area (Å²) in [5.41, 5.74) is 1.59. The van der Waals surface area contributed by atoms with Crippen LogP contribution in [0.2, 0.25) is 0 Å². The number of nitrogens with one attached hydrogen (secondary N) is 1. The van der Waals surface area contributed by atoms with Crippen molar-refractivity contribution in [3.63, 3.8) is 0 Å². The van der Waals surface area contributed by atoms with E-state index in [4.69, 9.17) is 0 Å². The summed E-state index contributed by atoms with van der Waals surface area (Å²) in [6.07, 6.45) is 8.87. The lowest BCUT2D eigenvalue weighted by molar-refractivity contribution is 0.0913. The summed E-state index contributed by atoms with van der Waals surface area (Å²) in [5, 5.41) is 7.38. The standard InChI is InChI=1S/C19H22N6O/c1-24-17(11-21-18(24)14-5-3-2-4-6-14)19(26)23-15-7-9-16(10-8-15)25-13-20-12-22-25/h2-6,11-13,15-16H,7-10H2,1H3,(H,23,26). The maximum Gasteiger partial charge on any atom is 0.269 e. The van der Waals surface area contributed by atoms with Gasteiger partial charge in [-0.15, -0.1) is 0 Å². The second kappa shape index (κ2) is 7.11. The molecule has 0 radical (unpaired) electrons. The Labute approximate surface area is 152 Å². The van der Waals surface area contributed by atoms with E-state index in [1.54, 1.807) is 18.9 Å². The van der Waals surface area contributed by atoms with E-state index in [9.17, 15) is 4.79 Å². The van der Waals surface area contributed by atoms with Gasteiger partial charge in [-0.05, 0) is 25.7 Å². The molecule has 1 N–H and O–H groups in total. The zero-order chi connectivity index (χ0) is 17.9. The molecule has 1 aliphatic carbocycles. The zero-order valence-corrected chi connectivity index (χ0v) is 14.7. The smallest absolute Gasteiger partial charge is 0.269 e. The predicted octanol–water partition coefficient (Wildman–Crippen LogP) is 2.59. The van der Waals surface area contributed by atoms with E-state index < -0.39 is 0 Å². The van der Waals surface area contributed by atoms with Crippen molar-refractivity contribution in [2.24, 2.45) is 7.05 Å². The van der Waals surface area contributed by atoms with Crippen LogP contribution in [0.15, 0.2) is 49.2 Å². The highest BCUT2D eigenvalue weighted by atomic mass is 16.2. The molecule has 0 bridgehead atoms. The van der Waals surface area contributed by atoms with Crippen molar-refractivity contribution in [1.82, 2.24) is 29.6 Å². The van der Waals surface area contributed by atoms with Crippen LogP contribution < -0.4 is 5.32 Å². The molecular formula is C19H22N6O. The summed E-state index contributed by atoms with van der Waals surface area (Å²) in [5.74, 6) is 0.733. The lowest BCUT2D eigenvalue weighted by atomic mass is 9.91. The number of nitrogens with zero attached hydrogens (tertiary/aromatic N) is 5. The highest BCUT2D eigenvalue weighted by Gasteiger charge is 2.25. The highest BCUT2D eigenvalue weighted by Crippen LogP contribution is 2.27. The summed E-state index contributed by atoms with van der Waals surface area (Å²) in [4.78, 5) is 21.1. The fraction of sp³-hybridized carbons (Fsp3) is 0.368. The van der Waals surface area contributed by atoms with E-state index in [0.29, 0.717) is 11.7 Å². The molecule has 0 aliphatic heterocycles. The summed E-state index contributed by atoms with van der Waals surface area (Å²) in [6.45, 7) is 0. The molecule has 0 unspecified atom stereocenters. The van der Waals surface area contributed by atoms with Crippen LogP contribution in [-0.2, 0) is 7.05 Å². The van der Waals surface area contributed by atoms with Gasteiger partial charge in [-0.25, -0.2) is 14.6 Å². The third-order valence-corrected chi connectivity index (χ3v) is 5.10. The van der Waals surface area contributed by atoms with E-state index in [-0.39, 0.29) is 11.9 Å². The molecule has 1 amide bonds. The third-order valence-electron chi connectivity index (χ3n) is 5.10. The molecule has 134 valence electrons. The number of aromatic nitrogens is 5. The van der Waals surface area contributed by atoms with E-state index in [1.807, 2.05) is 46.6 Å². The van der Waals surface area contributed by atoms with Gasteiger partial charge in [0.05, 0.1) is 12.2 Å².